The molecule has 0 N–H and O–H groups in total. The maximum Gasteiger partial charge on any atom is 0.137 e. The van der Waals surface area contributed by atoms with Crippen LogP contribution in [0.25, 0.3) is 52.9 Å². The number of furan rings is 1. The van der Waals surface area contributed by atoms with Gasteiger partial charge in [-0.05, 0) is 77.5 Å². The first-order chi connectivity index (χ1) is 24.8. The van der Waals surface area contributed by atoms with Gasteiger partial charge in [0.15, 0.2) is 0 Å². The van der Waals surface area contributed by atoms with Gasteiger partial charge in [-0.25, -0.2) is 0 Å². The summed E-state index contributed by atoms with van der Waals surface area (Å²) in [5, 5.41) is 7.23. The van der Waals surface area contributed by atoms with E-state index in [9.17, 15) is 0 Å². The molecule has 0 fully saturated rings. The molecule has 0 spiro atoms. The van der Waals surface area contributed by atoms with E-state index in [2.05, 4.69) is 186 Å². The summed E-state index contributed by atoms with van der Waals surface area (Å²) in [6, 6.07) is 64.9. The summed E-state index contributed by atoms with van der Waals surface area (Å²) in [4.78, 5) is 4.80. The van der Waals surface area contributed by atoms with Crippen molar-refractivity contribution in [3.8, 4) is 0 Å². The minimum Gasteiger partial charge on any atom is -0.456 e. The Balaban J connectivity index is 1.34. The summed E-state index contributed by atoms with van der Waals surface area (Å²) in [5.41, 5.74) is 8.31. The molecule has 50 heavy (non-hydrogen) atoms. The highest BCUT2D eigenvalue weighted by Gasteiger charge is 2.25. The quantitative estimate of drug-likeness (QED) is 0.177. The fourth-order valence-corrected chi connectivity index (χ4v) is 8.72. The molecule has 4 heteroatoms. The molecule has 10 rings (SSSR count). The normalized spacial score (nSPS) is 11.6. The van der Waals surface area contributed by atoms with Crippen molar-refractivity contribution in [2.45, 2.75) is 0 Å². The van der Waals surface area contributed by atoms with Crippen LogP contribution in [0.5, 0.6) is 0 Å². The number of benzene rings is 8. The van der Waals surface area contributed by atoms with Crippen LogP contribution in [0.2, 0.25) is 0 Å². The van der Waals surface area contributed by atoms with Crippen LogP contribution in [0.4, 0.5) is 34.1 Å². The Morgan fingerprint density at radius 1 is 0.380 bits per heavy atom. The first-order valence-electron chi connectivity index (χ1n) is 16.9. The Hall–Kier alpha value is -6.36. The van der Waals surface area contributed by atoms with E-state index < -0.39 is 0 Å². The Labute approximate surface area is 293 Å². The number of hydrogen-bond donors (Lipinski definition) is 0. The number of fused-ring (bicyclic) bond motifs is 8. The van der Waals surface area contributed by atoms with E-state index in [0.717, 1.165) is 56.1 Å². The molecule has 0 aliphatic heterocycles. The molecule has 10 aromatic rings. The second kappa shape index (κ2) is 11.7. The van der Waals surface area contributed by atoms with Gasteiger partial charge in [0, 0.05) is 48.3 Å². The average molecular weight is 659 g/mol. The number of nitrogens with zero attached hydrogens (tertiary/aromatic N) is 2. The molecule has 0 aliphatic rings. The summed E-state index contributed by atoms with van der Waals surface area (Å²) in [6.45, 7) is 0. The van der Waals surface area contributed by atoms with Gasteiger partial charge in [-0.3, -0.25) is 0 Å². The highest BCUT2D eigenvalue weighted by molar-refractivity contribution is 7.26. The molecular weight excluding hydrogens is 629 g/mol. The van der Waals surface area contributed by atoms with Crippen molar-refractivity contribution < 1.29 is 4.42 Å². The summed E-state index contributed by atoms with van der Waals surface area (Å²) >= 11 is 1.87. The largest absolute Gasteiger partial charge is 0.456 e. The third-order valence-corrected chi connectivity index (χ3v) is 10.8. The Bertz CT molecular complexity index is 2780. The van der Waals surface area contributed by atoms with E-state index in [1.165, 1.54) is 30.9 Å². The van der Waals surface area contributed by atoms with Gasteiger partial charge >= 0.3 is 0 Å². The van der Waals surface area contributed by atoms with Gasteiger partial charge in [0.2, 0.25) is 0 Å². The Morgan fingerprint density at radius 2 is 0.960 bits per heavy atom. The van der Waals surface area contributed by atoms with Crippen LogP contribution >= 0.6 is 11.3 Å². The van der Waals surface area contributed by atoms with Gasteiger partial charge in [-0.2, -0.15) is 0 Å². The highest BCUT2D eigenvalue weighted by Crippen LogP contribution is 2.51. The second-order valence-corrected chi connectivity index (χ2v) is 13.6. The molecule has 2 aromatic heterocycles. The number of para-hydroxylation sites is 4. The lowest BCUT2D eigenvalue weighted by molar-refractivity contribution is 0.669. The maximum absolute atomic E-state index is 6.41. The van der Waals surface area contributed by atoms with Gasteiger partial charge in [0.1, 0.15) is 11.2 Å². The fourth-order valence-electron chi connectivity index (χ4n) is 7.43. The van der Waals surface area contributed by atoms with Crippen LogP contribution in [0.15, 0.2) is 186 Å². The molecule has 0 saturated heterocycles. The zero-order valence-electron chi connectivity index (χ0n) is 27.0. The third-order valence-electron chi connectivity index (χ3n) is 9.59. The van der Waals surface area contributed by atoms with Crippen molar-refractivity contribution in [3.63, 3.8) is 0 Å². The maximum atomic E-state index is 6.41. The molecule has 0 bridgehead atoms. The van der Waals surface area contributed by atoms with Crippen LogP contribution in [-0.4, -0.2) is 0 Å². The molecule has 0 saturated carbocycles. The van der Waals surface area contributed by atoms with Crippen LogP contribution in [0.1, 0.15) is 0 Å². The van der Waals surface area contributed by atoms with Gasteiger partial charge < -0.3 is 14.2 Å². The first-order valence-corrected chi connectivity index (χ1v) is 17.7. The average Bonchev–Trinajstić information content (AvgIpc) is 3.76. The van der Waals surface area contributed by atoms with Crippen molar-refractivity contribution in [1.29, 1.82) is 0 Å². The fraction of sp³-hybridized carbons (Fsp3) is 0. The summed E-state index contributed by atoms with van der Waals surface area (Å²) in [7, 11) is 0. The highest BCUT2D eigenvalue weighted by atomic mass is 32.1. The zero-order valence-corrected chi connectivity index (χ0v) is 27.8. The minimum atomic E-state index is 0.870. The molecule has 0 radical (unpaired) electrons. The molecule has 236 valence electrons. The van der Waals surface area contributed by atoms with Gasteiger partial charge in [-0.1, -0.05) is 115 Å². The van der Waals surface area contributed by atoms with Gasteiger partial charge in [0.05, 0.1) is 16.8 Å². The smallest absolute Gasteiger partial charge is 0.137 e. The molecule has 0 atom stereocenters. The summed E-state index contributed by atoms with van der Waals surface area (Å²) < 4.78 is 8.94. The van der Waals surface area contributed by atoms with Crippen molar-refractivity contribution in [3.05, 3.63) is 182 Å². The van der Waals surface area contributed by atoms with Crippen molar-refractivity contribution in [2.24, 2.45) is 0 Å². The van der Waals surface area contributed by atoms with Crippen LogP contribution in [0.3, 0.4) is 0 Å². The Kier molecular flexibility index (Phi) is 6.68. The van der Waals surface area contributed by atoms with E-state index in [0.29, 0.717) is 0 Å². The van der Waals surface area contributed by atoms with Crippen molar-refractivity contribution >= 4 is 98.3 Å². The molecular formula is C46H30N2OS. The SMILES string of the molecule is c1ccc(N(c2cc(N(c3ccccc3)c3ccccc3)c3c(c2)sc2c4ccccc4ccc23)c2cccc3oc4ccccc4c23)cc1. The van der Waals surface area contributed by atoms with Crippen LogP contribution in [-0.2, 0) is 0 Å². The number of thiophene rings is 1. The molecule has 8 aromatic carbocycles. The standard InChI is InChI=1S/C46H30N2OS/c1-4-16-32(17-5-1)47(33-18-6-2-7-19-33)40-29-35(30-43-45(40)38-28-27-31-15-10-11-22-36(31)46(38)50-43)48(34-20-8-3-9-21-34)39-24-14-26-42-44(39)37-23-12-13-25-41(37)49-42/h1-30H. The predicted molar refractivity (Wildman–Crippen MR) is 213 cm³/mol. The zero-order chi connectivity index (χ0) is 33.0. The summed E-state index contributed by atoms with van der Waals surface area (Å²) in [5.74, 6) is 0. The number of hydrogen-bond acceptors (Lipinski definition) is 4. The van der Waals surface area contributed by atoms with Gasteiger partial charge in [0.25, 0.3) is 0 Å². The van der Waals surface area contributed by atoms with Crippen molar-refractivity contribution in [2.75, 3.05) is 9.80 Å². The lowest BCUT2D eigenvalue weighted by Crippen LogP contribution is -2.13. The first kappa shape index (κ1) is 28.6. The van der Waals surface area contributed by atoms with Crippen molar-refractivity contribution in [1.82, 2.24) is 0 Å². The monoisotopic (exact) mass is 658 g/mol. The molecule has 0 aliphatic carbocycles. The number of rotatable bonds is 6. The minimum absolute atomic E-state index is 0.870. The topological polar surface area (TPSA) is 19.6 Å². The Morgan fingerprint density at radius 3 is 1.66 bits per heavy atom. The summed E-state index contributed by atoms with van der Waals surface area (Å²) in [6.07, 6.45) is 0. The van der Waals surface area contributed by atoms with Crippen LogP contribution < -0.4 is 9.80 Å². The van der Waals surface area contributed by atoms with Crippen LogP contribution in [0, 0.1) is 0 Å². The van der Waals surface area contributed by atoms with E-state index in [4.69, 9.17) is 4.42 Å². The molecule has 0 amide bonds. The molecule has 3 nitrogen and oxygen atoms in total. The van der Waals surface area contributed by atoms with E-state index in [1.54, 1.807) is 0 Å². The molecule has 0 unspecified atom stereocenters. The predicted octanol–water partition coefficient (Wildman–Crippen LogP) is 14.0. The number of anilines is 6. The second-order valence-electron chi connectivity index (χ2n) is 12.5. The molecule has 2 heterocycles. The lowest BCUT2D eigenvalue weighted by Gasteiger charge is -2.30. The van der Waals surface area contributed by atoms with E-state index >= 15 is 0 Å². The lowest BCUT2D eigenvalue weighted by atomic mass is 10.0. The third kappa shape index (κ3) is 4.57. The van der Waals surface area contributed by atoms with Gasteiger partial charge in [-0.15, -0.1) is 11.3 Å². The van der Waals surface area contributed by atoms with E-state index in [1.807, 2.05) is 17.4 Å². The van der Waals surface area contributed by atoms with E-state index in [-0.39, 0.29) is 0 Å².